The largest absolute Gasteiger partial charge is 0.465 e. The summed E-state index contributed by atoms with van der Waals surface area (Å²) >= 11 is 12.8. The van der Waals surface area contributed by atoms with E-state index in [0.29, 0.717) is 57.7 Å². The second-order valence-corrected chi connectivity index (χ2v) is 13.4. The first-order chi connectivity index (χ1) is 23.3. The highest BCUT2D eigenvalue weighted by Gasteiger charge is 2.47. The number of aryl methyl sites for hydroxylation is 1. The highest BCUT2D eigenvalue weighted by Crippen LogP contribution is 2.51. The lowest BCUT2D eigenvalue weighted by atomic mass is 9.81. The van der Waals surface area contributed by atoms with Crippen molar-refractivity contribution in [3.8, 4) is 11.5 Å². The fourth-order valence-electron chi connectivity index (χ4n) is 7.27. The molecule has 8 rings (SSSR count). The summed E-state index contributed by atoms with van der Waals surface area (Å²) in [5, 5.41) is 0.975. The Morgan fingerprint density at radius 3 is 2.65 bits per heavy atom. The van der Waals surface area contributed by atoms with E-state index in [-0.39, 0.29) is 0 Å². The predicted molar refractivity (Wildman–Crippen MR) is 182 cm³/mol. The molecule has 0 bridgehead atoms. The normalized spacial score (nSPS) is 21.7. The lowest BCUT2D eigenvalue weighted by Crippen LogP contribution is -2.64. The molecule has 2 fully saturated rings. The Morgan fingerprint density at radius 1 is 1.04 bits per heavy atom. The number of ether oxygens (including phenoxy) is 3. The minimum Gasteiger partial charge on any atom is -0.465 e. The van der Waals surface area contributed by atoms with Crippen LogP contribution in [0.4, 0.5) is 5.69 Å². The van der Waals surface area contributed by atoms with Crippen molar-refractivity contribution in [2.24, 2.45) is 0 Å². The van der Waals surface area contributed by atoms with Crippen LogP contribution in [0.25, 0.3) is 11.0 Å². The van der Waals surface area contributed by atoms with Crippen LogP contribution in [0.5, 0.6) is 11.5 Å². The van der Waals surface area contributed by atoms with Crippen molar-refractivity contribution >= 4 is 45.9 Å². The minimum atomic E-state index is -1.05. The summed E-state index contributed by atoms with van der Waals surface area (Å²) < 4.78 is 22.2. The number of halogens is 2. The monoisotopic (exact) mass is 687 g/mol. The molecule has 1 unspecified atom stereocenters. The maximum Gasteiger partial charge on any atom is 0.337 e. The molecule has 2 aromatic carbocycles. The smallest absolute Gasteiger partial charge is 0.337 e. The number of carbonyl (C=O) groups excluding carboxylic acids is 1. The van der Waals surface area contributed by atoms with Gasteiger partial charge in [-0.15, -0.1) is 0 Å². The number of rotatable bonds is 8. The van der Waals surface area contributed by atoms with Gasteiger partial charge in [0.15, 0.2) is 11.5 Å². The number of para-hydroxylation sites is 1. The number of aromatic nitrogens is 5. The van der Waals surface area contributed by atoms with Crippen molar-refractivity contribution in [2.75, 3.05) is 25.1 Å². The predicted octanol–water partition coefficient (Wildman–Crippen LogP) is 6.29. The summed E-state index contributed by atoms with van der Waals surface area (Å²) in [4.78, 5) is 31.7. The van der Waals surface area contributed by atoms with E-state index in [1.807, 2.05) is 43.6 Å². The number of anilines is 1. The summed E-state index contributed by atoms with van der Waals surface area (Å²) in [6.07, 6.45) is 7.54. The Kier molecular flexibility index (Phi) is 7.73. The lowest BCUT2D eigenvalue weighted by Gasteiger charge is -2.54. The Morgan fingerprint density at radius 2 is 1.90 bits per heavy atom. The summed E-state index contributed by atoms with van der Waals surface area (Å²) in [6, 6.07) is 13.8. The number of methoxy groups -OCH3 is 1. The topological polar surface area (TPSA) is 99.8 Å². The van der Waals surface area contributed by atoms with Crippen LogP contribution in [-0.2, 0) is 30.2 Å². The van der Waals surface area contributed by atoms with E-state index in [9.17, 15) is 4.79 Å². The lowest BCUT2D eigenvalue weighted by molar-refractivity contribution is -0.0717. The van der Waals surface area contributed by atoms with E-state index in [1.165, 1.54) is 7.11 Å². The van der Waals surface area contributed by atoms with Gasteiger partial charge in [-0.05, 0) is 56.2 Å². The minimum absolute atomic E-state index is 0.306. The Balaban J connectivity index is 1.08. The number of hydrogen-bond acceptors (Lipinski definition) is 9. The van der Waals surface area contributed by atoms with Gasteiger partial charge in [0.1, 0.15) is 22.9 Å². The van der Waals surface area contributed by atoms with Crippen LogP contribution < -0.4 is 14.4 Å². The molecule has 5 aromatic rings. The van der Waals surface area contributed by atoms with Crippen LogP contribution in [0.1, 0.15) is 54.4 Å². The highest BCUT2D eigenvalue weighted by atomic mass is 35.5. The first-order valence-electron chi connectivity index (χ1n) is 16.2. The molecule has 248 valence electrons. The first kappa shape index (κ1) is 31.0. The number of benzene rings is 2. The second-order valence-electron chi connectivity index (χ2n) is 12.6. The third-order valence-corrected chi connectivity index (χ3v) is 10.4. The molecular formula is C35H35Cl2N7O4. The van der Waals surface area contributed by atoms with Gasteiger partial charge in [-0.2, -0.15) is 0 Å². The number of carbonyl (C=O) groups is 1. The van der Waals surface area contributed by atoms with Gasteiger partial charge >= 0.3 is 5.97 Å². The average molecular weight is 689 g/mol. The zero-order chi connectivity index (χ0) is 33.2. The third-order valence-electron chi connectivity index (χ3n) is 9.86. The van der Waals surface area contributed by atoms with Crippen LogP contribution in [-0.4, -0.2) is 67.2 Å². The molecule has 5 heterocycles. The molecule has 3 atom stereocenters. The van der Waals surface area contributed by atoms with E-state index in [1.54, 1.807) is 18.3 Å². The van der Waals surface area contributed by atoms with Gasteiger partial charge in [0, 0.05) is 57.2 Å². The van der Waals surface area contributed by atoms with Gasteiger partial charge in [0.25, 0.3) is 5.79 Å². The molecule has 0 N–H and O–H groups in total. The fraction of sp³-hybridized carbons (Fsp3) is 0.371. The maximum absolute atomic E-state index is 12.5. The standard InChI is InChI=1S/C35H35Cl2N7O4/c1-4-41-13-12-38-30(41)20-44-27-17-21(34(45)46-3)16-23(37)32(27)40-31(44)19-42-14-15-43(25-10-9-24(25)42)26-6-5-7-28-33(26)48-35(2,47-28)29-11-8-22(36)18-39-29/h5-8,11-13,16-18,24-25H,4,9-10,14-15,19-20H2,1-3H3/t24-,25-,35?/m1/s1. The van der Waals surface area contributed by atoms with E-state index < -0.39 is 11.8 Å². The van der Waals surface area contributed by atoms with E-state index >= 15 is 0 Å². The van der Waals surface area contributed by atoms with Gasteiger partial charge in [-0.25, -0.2) is 14.8 Å². The van der Waals surface area contributed by atoms with Gasteiger partial charge in [0.2, 0.25) is 0 Å². The first-order valence-corrected chi connectivity index (χ1v) is 16.9. The molecule has 13 heteroatoms. The van der Waals surface area contributed by atoms with Crippen molar-refractivity contribution in [2.45, 2.75) is 64.2 Å². The number of hydrogen-bond donors (Lipinski definition) is 0. The number of esters is 1. The van der Waals surface area contributed by atoms with Gasteiger partial charge in [-0.3, -0.25) is 9.88 Å². The zero-order valence-electron chi connectivity index (χ0n) is 26.9. The summed E-state index contributed by atoms with van der Waals surface area (Å²) in [7, 11) is 1.37. The van der Waals surface area contributed by atoms with Crippen molar-refractivity contribution in [1.29, 1.82) is 0 Å². The average Bonchev–Trinajstić information content (AvgIpc) is 3.77. The van der Waals surface area contributed by atoms with Crippen molar-refractivity contribution in [1.82, 2.24) is 29.0 Å². The van der Waals surface area contributed by atoms with E-state index in [2.05, 4.69) is 41.9 Å². The molecule has 1 saturated carbocycles. The molecule has 2 aliphatic heterocycles. The molecule has 1 aliphatic carbocycles. The summed E-state index contributed by atoms with van der Waals surface area (Å²) in [6.45, 7) is 7.54. The molecular weight excluding hydrogens is 653 g/mol. The third kappa shape index (κ3) is 5.15. The number of pyridine rings is 1. The van der Waals surface area contributed by atoms with Gasteiger partial charge in [-0.1, -0.05) is 29.3 Å². The van der Waals surface area contributed by atoms with Crippen LogP contribution in [0, 0.1) is 0 Å². The molecule has 3 aromatic heterocycles. The quantitative estimate of drug-likeness (QED) is 0.174. The summed E-state index contributed by atoms with van der Waals surface area (Å²) in [5.74, 6) is 1.73. The molecule has 3 aliphatic rings. The van der Waals surface area contributed by atoms with Crippen LogP contribution in [0.2, 0.25) is 10.0 Å². The number of imidazole rings is 2. The fourth-order valence-corrected chi connectivity index (χ4v) is 7.64. The Labute approximate surface area is 288 Å². The van der Waals surface area contributed by atoms with Gasteiger partial charge in [0.05, 0.1) is 47.0 Å². The molecule has 0 radical (unpaired) electrons. The second kappa shape index (κ2) is 12.0. The zero-order valence-corrected chi connectivity index (χ0v) is 28.4. The number of piperazine rings is 1. The Hall–Kier alpha value is -4.32. The van der Waals surface area contributed by atoms with Crippen LogP contribution >= 0.6 is 23.2 Å². The van der Waals surface area contributed by atoms with Crippen molar-refractivity contribution in [3.63, 3.8) is 0 Å². The van der Waals surface area contributed by atoms with Crippen molar-refractivity contribution < 1.29 is 19.0 Å². The van der Waals surface area contributed by atoms with Crippen LogP contribution in [0.3, 0.4) is 0 Å². The SMILES string of the molecule is CCn1ccnc1Cn1c(CN2CCN(c3cccc4c3OC(C)(c3ccc(Cl)cn3)O4)[C@@H]3CC[C@H]32)nc2c(Cl)cc(C(=O)OC)cc21. The van der Waals surface area contributed by atoms with Crippen molar-refractivity contribution in [3.05, 3.63) is 94.0 Å². The number of nitrogens with zero attached hydrogens (tertiary/aromatic N) is 7. The van der Waals surface area contributed by atoms with E-state index in [0.717, 1.165) is 61.1 Å². The maximum atomic E-state index is 12.5. The molecule has 48 heavy (non-hydrogen) atoms. The van der Waals surface area contributed by atoms with Gasteiger partial charge < -0.3 is 28.2 Å². The Bertz CT molecular complexity index is 2030. The van der Waals surface area contributed by atoms with Crippen LogP contribution in [0.15, 0.2) is 61.1 Å². The molecule has 0 spiro atoms. The molecule has 0 amide bonds. The molecule has 1 saturated heterocycles. The van der Waals surface area contributed by atoms with E-state index in [4.69, 9.17) is 42.4 Å². The summed E-state index contributed by atoms with van der Waals surface area (Å²) in [5.41, 5.74) is 3.51. The molecule has 11 nitrogen and oxygen atoms in total. The highest BCUT2D eigenvalue weighted by molar-refractivity contribution is 6.35. The number of fused-ring (bicyclic) bond motifs is 3.